The van der Waals surface area contributed by atoms with Gasteiger partial charge in [-0.25, -0.2) is 14.7 Å². The van der Waals surface area contributed by atoms with Crippen molar-refractivity contribution in [2.75, 3.05) is 25.4 Å². The highest BCUT2D eigenvalue weighted by Gasteiger charge is 2.60. The predicted molar refractivity (Wildman–Crippen MR) is 91.9 cm³/mol. The zero-order valence-corrected chi connectivity index (χ0v) is 15.2. The molecule has 1 amide bonds. The highest BCUT2D eigenvalue weighted by atomic mass is 16.8. The average Bonchev–Trinajstić information content (AvgIpc) is 2.58. The smallest absolute Gasteiger partial charge is 0.404 e. The van der Waals surface area contributed by atoms with Crippen molar-refractivity contribution in [3.63, 3.8) is 0 Å². The second kappa shape index (κ2) is 6.71. The molecule has 3 rings (SSSR count). The molecule has 0 saturated carbocycles. The molecule has 10 nitrogen and oxygen atoms in total. The summed E-state index contributed by atoms with van der Waals surface area (Å²) >= 11 is 0. The number of hydrogen-bond donors (Lipinski definition) is 2. The van der Waals surface area contributed by atoms with E-state index in [1.54, 1.807) is 20.0 Å². The molecular weight excluding hydrogens is 358 g/mol. The van der Waals surface area contributed by atoms with Gasteiger partial charge < -0.3 is 20.3 Å². The molecule has 0 radical (unpaired) electrons. The standard InChI is InChI=1S/C17H21N3O7/c1-9-17(26-10(2)22)12(7-25-16(18)24)15-13(20(27-17)8-19(9)3)4-11(6-21)5-14(15)23/h4-6,9,12,23H,7-8H2,1-3H3,(H2,18,24). The summed E-state index contributed by atoms with van der Waals surface area (Å²) in [6, 6.07) is 2.39. The Morgan fingerprint density at radius 3 is 2.78 bits per heavy atom. The molecule has 27 heavy (non-hydrogen) atoms. The Labute approximate surface area is 155 Å². The fourth-order valence-electron chi connectivity index (χ4n) is 3.63. The summed E-state index contributed by atoms with van der Waals surface area (Å²) in [6.07, 6.45) is -0.420. The third kappa shape index (κ3) is 3.06. The Kier molecular flexibility index (Phi) is 4.70. The molecule has 0 spiro atoms. The van der Waals surface area contributed by atoms with Gasteiger partial charge >= 0.3 is 12.1 Å². The molecule has 1 saturated heterocycles. The van der Waals surface area contributed by atoms with Crippen molar-refractivity contribution in [1.82, 2.24) is 4.90 Å². The summed E-state index contributed by atoms with van der Waals surface area (Å²) < 4.78 is 10.6. The van der Waals surface area contributed by atoms with Crippen LogP contribution in [-0.2, 0) is 19.1 Å². The lowest BCUT2D eigenvalue weighted by atomic mass is 9.82. The van der Waals surface area contributed by atoms with Crippen molar-refractivity contribution in [3.8, 4) is 5.75 Å². The maximum absolute atomic E-state index is 11.9. The Morgan fingerprint density at radius 1 is 1.48 bits per heavy atom. The quantitative estimate of drug-likeness (QED) is 0.572. The maximum atomic E-state index is 11.9. The number of hydroxylamine groups is 1. The summed E-state index contributed by atoms with van der Waals surface area (Å²) in [7, 11) is 1.80. The van der Waals surface area contributed by atoms with Gasteiger partial charge in [0.15, 0.2) is 0 Å². The molecular formula is C17H21N3O7. The van der Waals surface area contributed by atoms with E-state index in [9.17, 15) is 19.5 Å². The summed E-state index contributed by atoms with van der Waals surface area (Å²) in [5.74, 6) is -3.25. The molecule has 2 heterocycles. The SMILES string of the molecule is CC(=O)OC12ON(CN(C)C1C)c1cc(C=O)cc(O)c1C2COC(N)=O. The largest absolute Gasteiger partial charge is 0.508 e. The van der Waals surface area contributed by atoms with E-state index in [2.05, 4.69) is 0 Å². The number of rotatable bonds is 4. The molecule has 3 N–H and O–H groups in total. The number of aldehydes is 1. The normalized spacial score (nSPS) is 26.9. The Hall–Kier alpha value is -2.85. The number of aromatic hydroxyl groups is 1. The lowest BCUT2D eigenvalue weighted by molar-refractivity contribution is -0.301. The van der Waals surface area contributed by atoms with Gasteiger partial charge in [0.1, 0.15) is 18.6 Å². The molecule has 0 aromatic heterocycles. The number of hydrogen-bond acceptors (Lipinski definition) is 9. The summed E-state index contributed by atoms with van der Waals surface area (Å²) in [5.41, 5.74) is 6.11. The van der Waals surface area contributed by atoms with Crippen LogP contribution in [0.2, 0.25) is 0 Å². The number of ether oxygens (including phenoxy) is 2. The van der Waals surface area contributed by atoms with Crippen LogP contribution >= 0.6 is 0 Å². The first-order valence-electron chi connectivity index (χ1n) is 8.30. The number of esters is 1. The van der Waals surface area contributed by atoms with Crippen molar-refractivity contribution in [3.05, 3.63) is 23.3 Å². The van der Waals surface area contributed by atoms with E-state index in [0.29, 0.717) is 24.2 Å². The first-order chi connectivity index (χ1) is 12.7. The Bertz CT molecular complexity index is 799. The van der Waals surface area contributed by atoms with Crippen LogP contribution in [0, 0.1) is 0 Å². The molecule has 1 aromatic rings. The molecule has 2 aliphatic heterocycles. The van der Waals surface area contributed by atoms with Gasteiger partial charge in [-0.05, 0) is 26.1 Å². The molecule has 1 fully saturated rings. The number of anilines is 1. The van der Waals surface area contributed by atoms with Crippen LogP contribution in [0.5, 0.6) is 5.75 Å². The van der Waals surface area contributed by atoms with E-state index in [1.807, 2.05) is 4.90 Å². The zero-order chi connectivity index (χ0) is 19.9. The zero-order valence-electron chi connectivity index (χ0n) is 15.2. The van der Waals surface area contributed by atoms with Gasteiger partial charge in [-0.2, -0.15) is 0 Å². The van der Waals surface area contributed by atoms with Crippen molar-refractivity contribution >= 4 is 24.0 Å². The van der Waals surface area contributed by atoms with Gasteiger partial charge in [-0.1, -0.05) is 0 Å². The number of phenols is 1. The van der Waals surface area contributed by atoms with Crippen LogP contribution in [0.15, 0.2) is 12.1 Å². The minimum Gasteiger partial charge on any atom is -0.508 e. The summed E-state index contributed by atoms with van der Waals surface area (Å²) in [6.45, 7) is 3.03. The van der Waals surface area contributed by atoms with Gasteiger partial charge in [-0.3, -0.25) is 14.5 Å². The van der Waals surface area contributed by atoms with Crippen molar-refractivity contribution < 1.29 is 33.8 Å². The molecule has 0 aliphatic carbocycles. The van der Waals surface area contributed by atoms with Gasteiger partial charge in [0.05, 0.1) is 24.3 Å². The number of likely N-dealkylation sites (N-methyl/N-ethyl adjacent to an activating group) is 1. The number of phenolic OH excluding ortho intramolecular Hbond substituents is 1. The number of carbonyl (C=O) groups is 3. The number of nitrogens with two attached hydrogens (primary N) is 1. The van der Waals surface area contributed by atoms with Gasteiger partial charge in [0, 0.05) is 18.1 Å². The molecule has 3 atom stereocenters. The van der Waals surface area contributed by atoms with Gasteiger partial charge in [-0.15, -0.1) is 0 Å². The number of fused-ring (bicyclic) bond motifs is 4. The third-order valence-electron chi connectivity index (χ3n) is 4.94. The molecule has 1 aromatic carbocycles. The van der Waals surface area contributed by atoms with Crippen molar-refractivity contribution in [2.24, 2.45) is 5.73 Å². The van der Waals surface area contributed by atoms with E-state index < -0.39 is 29.8 Å². The average molecular weight is 379 g/mol. The number of benzene rings is 1. The van der Waals surface area contributed by atoms with Gasteiger partial charge in [0.2, 0.25) is 0 Å². The van der Waals surface area contributed by atoms with E-state index in [1.165, 1.54) is 18.1 Å². The van der Waals surface area contributed by atoms with Crippen LogP contribution in [0.3, 0.4) is 0 Å². The topological polar surface area (TPSA) is 132 Å². The maximum Gasteiger partial charge on any atom is 0.404 e. The van der Waals surface area contributed by atoms with Crippen molar-refractivity contribution in [2.45, 2.75) is 31.6 Å². The highest BCUT2D eigenvalue weighted by molar-refractivity contribution is 5.80. The van der Waals surface area contributed by atoms with E-state index >= 15 is 0 Å². The lowest BCUT2D eigenvalue weighted by Crippen LogP contribution is -2.69. The molecule has 10 heteroatoms. The van der Waals surface area contributed by atoms with Crippen LogP contribution < -0.4 is 10.8 Å². The minimum absolute atomic E-state index is 0.200. The second-order valence-corrected chi connectivity index (χ2v) is 6.63. The Balaban J connectivity index is 2.22. The summed E-state index contributed by atoms with van der Waals surface area (Å²) in [4.78, 5) is 42.2. The molecule has 2 aliphatic rings. The van der Waals surface area contributed by atoms with Crippen LogP contribution in [-0.4, -0.2) is 60.5 Å². The lowest BCUT2D eigenvalue weighted by Gasteiger charge is -2.56. The molecule has 2 bridgehead atoms. The number of primary amides is 1. The van der Waals surface area contributed by atoms with Crippen molar-refractivity contribution in [1.29, 1.82) is 0 Å². The van der Waals surface area contributed by atoms with Crippen LogP contribution in [0.25, 0.3) is 0 Å². The molecule has 146 valence electrons. The fourth-order valence-corrected chi connectivity index (χ4v) is 3.63. The number of amides is 1. The molecule has 3 unspecified atom stereocenters. The van der Waals surface area contributed by atoms with Crippen LogP contribution in [0.4, 0.5) is 10.5 Å². The highest BCUT2D eigenvalue weighted by Crippen LogP contribution is 2.52. The summed E-state index contributed by atoms with van der Waals surface area (Å²) in [5, 5.41) is 12.0. The monoisotopic (exact) mass is 379 g/mol. The predicted octanol–water partition coefficient (Wildman–Crippen LogP) is 0.686. The number of nitrogens with zero attached hydrogens (tertiary/aromatic N) is 2. The number of carbonyl (C=O) groups excluding carboxylic acids is 3. The first kappa shape index (κ1) is 18.9. The minimum atomic E-state index is -1.57. The van der Waals surface area contributed by atoms with E-state index in [0.717, 1.165) is 0 Å². The van der Waals surface area contributed by atoms with Crippen LogP contribution in [0.1, 0.15) is 35.7 Å². The van der Waals surface area contributed by atoms with E-state index in [4.69, 9.17) is 20.0 Å². The van der Waals surface area contributed by atoms with Gasteiger partial charge in [0.25, 0.3) is 5.79 Å². The first-order valence-corrected chi connectivity index (χ1v) is 8.30. The van der Waals surface area contributed by atoms with E-state index in [-0.39, 0.29) is 17.9 Å². The fraction of sp³-hybridized carbons (Fsp3) is 0.471. The second-order valence-electron chi connectivity index (χ2n) is 6.63. The third-order valence-corrected chi connectivity index (χ3v) is 4.94. The Morgan fingerprint density at radius 2 is 2.19 bits per heavy atom.